The minimum atomic E-state index is -3.58. The summed E-state index contributed by atoms with van der Waals surface area (Å²) in [7, 11) is -3.58. The second-order valence-corrected chi connectivity index (χ2v) is 13.7. The summed E-state index contributed by atoms with van der Waals surface area (Å²) in [6, 6.07) is 19.8. The van der Waals surface area contributed by atoms with Gasteiger partial charge in [-0.05, 0) is 60.9 Å². The number of benzene rings is 2. The van der Waals surface area contributed by atoms with Gasteiger partial charge in [0, 0.05) is 48.5 Å². The Morgan fingerprint density at radius 3 is 2.51 bits per heavy atom. The first-order valence-electron chi connectivity index (χ1n) is 14.2. The standard InChI is InChI=1S/C31H33ClN6O4S/c1-31(11-12-31)22-42-29-27(20-34-38(30(29)39)26-9-5-7-24(32)19-26)36-14-16-37(17-15-36)43(40,41)21-23-6-4-8-25(18-23)35-28-10-2-3-13-33-28/h2-10,13,18-20H,11-12,14-17,21-22H2,1H3,(H,33,35). The van der Waals surface area contributed by atoms with E-state index in [1.54, 1.807) is 36.7 Å². The van der Waals surface area contributed by atoms with Crippen LogP contribution in [0.1, 0.15) is 25.3 Å². The first-order chi connectivity index (χ1) is 20.7. The summed E-state index contributed by atoms with van der Waals surface area (Å²) >= 11 is 6.17. The van der Waals surface area contributed by atoms with Gasteiger partial charge in [-0.3, -0.25) is 4.79 Å². The van der Waals surface area contributed by atoms with Gasteiger partial charge in [-0.15, -0.1) is 0 Å². The van der Waals surface area contributed by atoms with Gasteiger partial charge < -0.3 is 15.0 Å². The molecule has 4 aromatic rings. The summed E-state index contributed by atoms with van der Waals surface area (Å²) in [5, 5.41) is 8.13. The number of rotatable bonds is 10. The number of ether oxygens (including phenoxy) is 1. The van der Waals surface area contributed by atoms with Crippen LogP contribution in [0.15, 0.2) is 83.9 Å². The molecule has 0 unspecified atom stereocenters. The third-order valence-corrected chi connectivity index (χ3v) is 9.91. The highest BCUT2D eigenvalue weighted by molar-refractivity contribution is 7.88. The lowest BCUT2D eigenvalue weighted by atomic mass is 10.2. The van der Waals surface area contributed by atoms with Crippen LogP contribution in [-0.4, -0.2) is 60.3 Å². The van der Waals surface area contributed by atoms with Gasteiger partial charge in [-0.1, -0.05) is 42.8 Å². The molecule has 12 heteroatoms. The smallest absolute Gasteiger partial charge is 0.316 e. The van der Waals surface area contributed by atoms with Crippen LogP contribution in [0.25, 0.3) is 5.69 Å². The lowest BCUT2D eigenvalue weighted by molar-refractivity contribution is 0.242. The van der Waals surface area contributed by atoms with Crippen LogP contribution in [0.5, 0.6) is 5.75 Å². The Bertz CT molecular complexity index is 1770. The lowest BCUT2D eigenvalue weighted by Gasteiger charge is -2.35. The minimum Gasteiger partial charge on any atom is -0.486 e. The van der Waals surface area contributed by atoms with Crippen molar-refractivity contribution in [1.29, 1.82) is 0 Å². The predicted molar refractivity (Wildman–Crippen MR) is 168 cm³/mol. The van der Waals surface area contributed by atoms with Crippen molar-refractivity contribution in [3.05, 3.63) is 100 Å². The molecule has 0 amide bonds. The van der Waals surface area contributed by atoms with Gasteiger partial charge in [0.15, 0.2) is 0 Å². The maximum atomic E-state index is 13.6. The number of aromatic nitrogens is 3. The van der Waals surface area contributed by atoms with Gasteiger partial charge in [-0.25, -0.2) is 13.4 Å². The van der Waals surface area contributed by atoms with Crippen LogP contribution in [0.2, 0.25) is 5.02 Å². The Labute approximate surface area is 255 Å². The minimum absolute atomic E-state index is 0.0606. The molecule has 1 saturated heterocycles. The van der Waals surface area contributed by atoms with E-state index in [0.29, 0.717) is 47.5 Å². The Morgan fingerprint density at radius 2 is 1.79 bits per heavy atom. The van der Waals surface area contributed by atoms with Crippen molar-refractivity contribution in [2.45, 2.75) is 25.5 Å². The molecule has 2 fully saturated rings. The first-order valence-corrected chi connectivity index (χ1v) is 16.2. The highest BCUT2D eigenvalue weighted by Gasteiger charge is 2.39. The molecule has 2 aromatic heterocycles. The molecule has 1 N–H and O–H groups in total. The van der Waals surface area contributed by atoms with E-state index in [1.807, 2.05) is 47.4 Å². The summed E-state index contributed by atoms with van der Waals surface area (Å²) in [5.74, 6) is 0.786. The number of nitrogens with zero attached hydrogens (tertiary/aromatic N) is 5. The lowest BCUT2D eigenvalue weighted by Crippen LogP contribution is -2.49. The highest BCUT2D eigenvalue weighted by Crippen LogP contribution is 2.45. The largest absolute Gasteiger partial charge is 0.486 e. The Morgan fingerprint density at radius 1 is 1.00 bits per heavy atom. The number of pyridine rings is 1. The quantitative estimate of drug-likeness (QED) is 0.268. The van der Waals surface area contributed by atoms with E-state index in [4.69, 9.17) is 16.3 Å². The van der Waals surface area contributed by atoms with Crippen molar-refractivity contribution in [2.75, 3.05) is 43.0 Å². The van der Waals surface area contributed by atoms with E-state index in [9.17, 15) is 13.2 Å². The Hall–Kier alpha value is -3.93. The van der Waals surface area contributed by atoms with Gasteiger partial charge in [-0.2, -0.15) is 14.1 Å². The molecule has 6 rings (SSSR count). The van der Waals surface area contributed by atoms with Gasteiger partial charge in [0.25, 0.3) is 0 Å². The molecular weight excluding hydrogens is 588 g/mol. The number of sulfonamides is 1. The summed E-state index contributed by atoms with van der Waals surface area (Å²) in [4.78, 5) is 19.9. The van der Waals surface area contributed by atoms with Crippen molar-refractivity contribution in [3.63, 3.8) is 0 Å². The summed E-state index contributed by atoms with van der Waals surface area (Å²) in [6.45, 7) is 3.92. The van der Waals surface area contributed by atoms with Crippen LogP contribution in [-0.2, 0) is 15.8 Å². The second kappa shape index (κ2) is 12.0. The van der Waals surface area contributed by atoms with E-state index >= 15 is 0 Å². The zero-order chi connectivity index (χ0) is 30.0. The number of hydrogen-bond donors (Lipinski definition) is 1. The van der Waals surface area contributed by atoms with Gasteiger partial charge in [0.1, 0.15) is 11.5 Å². The van der Waals surface area contributed by atoms with Crippen molar-refractivity contribution in [1.82, 2.24) is 19.1 Å². The van der Waals surface area contributed by atoms with Gasteiger partial charge in [0.2, 0.25) is 15.8 Å². The van der Waals surface area contributed by atoms with Crippen LogP contribution >= 0.6 is 11.6 Å². The fourth-order valence-corrected chi connectivity index (χ4v) is 6.71. The van der Waals surface area contributed by atoms with Crippen molar-refractivity contribution in [3.8, 4) is 11.4 Å². The van der Waals surface area contributed by atoms with E-state index in [-0.39, 0.29) is 35.6 Å². The predicted octanol–water partition coefficient (Wildman–Crippen LogP) is 4.86. The maximum Gasteiger partial charge on any atom is 0.316 e. The van der Waals surface area contributed by atoms with Gasteiger partial charge >= 0.3 is 5.56 Å². The molecular formula is C31H33ClN6O4S. The molecule has 0 spiro atoms. The third kappa shape index (κ3) is 6.84. The number of hydrogen-bond acceptors (Lipinski definition) is 8. The maximum absolute atomic E-state index is 13.6. The molecule has 1 aliphatic heterocycles. The number of nitrogens with one attached hydrogen (secondary N) is 1. The summed E-state index contributed by atoms with van der Waals surface area (Å²) in [6.07, 6.45) is 5.42. The van der Waals surface area contributed by atoms with E-state index in [0.717, 1.165) is 18.5 Å². The van der Waals surface area contributed by atoms with Gasteiger partial charge in [0.05, 0.1) is 24.2 Å². The molecule has 1 aliphatic carbocycles. The van der Waals surface area contributed by atoms with Crippen molar-refractivity contribution in [2.24, 2.45) is 5.41 Å². The Kier molecular flexibility index (Phi) is 8.13. The molecule has 224 valence electrons. The van der Waals surface area contributed by atoms with E-state index in [2.05, 4.69) is 22.3 Å². The fraction of sp³-hybridized carbons (Fsp3) is 0.323. The van der Waals surface area contributed by atoms with E-state index < -0.39 is 10.0 Å². The fourth-order valence-electron chi connectivity index (χ4n) is 5.02. The second-order valence-electron chi connectivity index (χ2n) is 11.3. The van der Waals surface area contributed by atoms with Crippen LogP contribution in [0.3, 0.4) is 0 Å². The molecule has 10 nitrogen and oxygen atoms in total. The summed E-state index contributed by atoms with van der Waals surface area (Å²) < 4.78 is 35.8. The first kappa shape index (κ1) is 29.2. The van der Waals surface area contributed by atoms with Crippen molar-refractivity contribution >= 4 is 38.8 Å². The number of piperazine rings is 1. The molecule has 2 aliphatic rings. The molecule has 1 saturated carbocycles. The molecule has 43 heavy (non-hydrogen) atoms. The third-order valence-electron chi connectivity index (χ3n) is 7.82. The Balaban J connectivity index is 1.17. The molecule has 3 heterocycles. The monoisotopic (exact) mass is 620 g/mol. The molecule has 0 bridgehead atoms. The number of anilines is 3. The zero-order valence-electron chi connectivity index (χ0n) is 23.8. The number of halogens is 1. The van der Waals surface area contributed by atoms with Crippen LogP contribution < -0.4 is 20.5 Å². The summed E-state index contributed by atoms with van der Waals surface area (Å²) in [5.41, 5.74) is 2.24. The molecule has 0 atom stereocenters. The normalized spacial score (nSPS) is 16.6. The van der Waals surface area contributed by atoms with E-state index in [1.165, 1.54) is 8.99 Å². The van der Waals surface area contributed by atoms with Crippen molar-refractivity contribution < 1.29 is 13.2 Å². The molecule has 0 radical (unpaired) electrons. The SMILES string of the molecule is CC1(COc2c(N3CCN(S(=O)(=O)Cc4cccc(Nc5ccccn5)c4)CC3)cnn(-c3cccc(Cl)c3)c2=O)CC1. The highest BCUT2D eigenvalue weighted by atomic mass is 35.5. The van der Waals surface area contributed by atoms with Crippen LogP contribution in [0.4, 0.5) is 17.2 Å². The zero-order valence-corrected chi connectivity index (χ0v) is 25.4. The average molecular weight is 621 g/mol. The average Bonchev–Trinajstić information content (AvgIpc) is 3.74. The molecule has 2 aromatic carbocycles. The topological polar surface area (TPSA) is 110 Å². The van der Waals surface area contributed by atoms with Crippen LogP contribution in [0, 0.1) is 5.41 Å².